The van der Waals surface area contributed by atoms with Crippen molar-refractivity contribution in [3.05, 3.63) is 66.2 Å². The fourth-order valence-corrected chi connectivity index (χ4v) is 2.20. The summed E-state index contributed by atoms with van der Waals surface area (Å²) in [6, 6.07) is 17.2. The van der Waals surface area contributed by atoms with Gasteiger partial charge in [-0.2, -0.15) is 0 Å². The average Bonchev–Trinajstić information content (AvgIpc) is 2.45. The lowest BCUT2D eigenvalue weighted by atomic mass is 9.96. The van der Waals surface area contributed by atoms with Crippen LogP contribution in [0.15, 0.2) is 55.1 Å². The van der Waals surface area contributed by atoms with Crippen molar-refractivity contribution in [2.45, 2.75) is 26.2 Å². The first-order chi connectivity index (χ1) is 8.85. The second kappa shape index (κ2) is 6.20. The highest BCUT2D eigenvalue weighted by molar-refractivity contribution is 5.67. The second-order valence-electron chi connectivity index (χ2n) is 4.59. The van der Waals surface area contributed by atoms with Gasteiger partial charge in [0.05, 0.1) is 0 Å². The molecule has 0 aliphatic carbocycles. The third-order valence-electron chi connectivity index (χ3n) is 3.27. The summed E-state index contributed by atoms with van der Waals surface area (Å²) in [4.78, 5) is 0. The molecule has 0 unspecified atom stereocenters. The van der Waals surface area contributed by atoms with Gasteiger partial charge in [-0.25, -0.2) is 0 Å². The first-order valence-electron chi connectivity index (χ1n) is 6.66. The minimum absolute atomic E-state index is 1.14. The van der Waals surface area contributed by atoms with Crippen LogP contribution in [0.2, 0.25) is 0 Å². The highest BCUT2D eigenvalue weighted by Gasteiger charge is 2.03. The maximum absolute atomic E-state index is 3.90. The van der Waals surface area contributed by atoms with Crippen molar-refractivity contribution in [2.75, 3.05) is 0 Å². The van der Waals surface area contributed by atoms with Crippen molar-refractivity contribution in [1.29, 1.82) is 0 Å². The molecule has 0 bridgehead atoms. The van der Waals surface area contributed by atoms with Crippen molar-refractivity contribution >= 4 is 6.08 Å². The molecule has 0 heterocycles. The summed E-state index contributed by atoms with van der Waals surface area (Å²) in [6.45, 7) is 6.13. The number of hydrogen-bond acceptors (Lipinski definition) is 0. The van der Waals surface area contributed by atoms with E-state index in [-0.39, 0.29) is 0 Å². The summed E-state index contributed by atoms with van der Waals surface area (Å²) in [5.41, 5.74) is 5.26. The number of unbranched alkanes of at least 4 members (excludes halogenated alkanes) is 1. The molecule has 0 amide bonds. The van der Waals surface area contributed by atoms with Gasteiger partial charge in [0.1, 0.15) is 0 Å². The topological polar surface area (TPSA) is 0 Å². The Bertz CT molecular complexity index is 509. The lowest BCUT2D eigenvalue weighted by molar-refractivity contribution is 0.794. The molecule has 0 aliphatic heterocycles. The van der Waals surface area contributed by atoms with E-state index >= 15 is 0 Å². The average molecular weight is 236 g/mol. The molecular weight excluding hydrogens is 216 g/mol. The van der Waals surface area contributed by atoms with Crippen molar-refractivity contribution < 1.29 is 0 Å². The van der Waals surface area contributed by atoms with Crippen LogP contribution in [0, 0.1) is 0 Å². The number of hydrogen-bond donors (Lipinski definition) is 0. The Labute approximate surface area is 110 Å². The predicted molar refractivity (Wildman–Crippen MR) is 80.6 cm³/mol. The smallest absolute Gasteiger partial charge is 0.0181 e. The molecule has 2 aromatic rings. The van der Waals surface area contributed by atoms with Gasteiger partial charge in [-0.05, 0) is 35.1 Å². The monoisotopic (exact) mass is 236 g/mol. The Morgan fingerprint density at radius 3 is 2.44 bits per heavy atom. The standard InChI is InChI=1S/C18H20/c1-3-5-9-17-14-18(13-12-15(17)4-2)16-10-7-6-8-11-16/h4,6-8,10-14H,2-3,5,9H2,1H3. The van der Waals surface area contributed by atoms with Crippen LogP contribution in [-0.2, 0) is 6.42 Å². The van der Waals surface area contributed by atoms with Crippen molar-refractivity contribution in [3.8, 4) is 11.1 Å². The molecule has 0 fully saturated rings. The van der Waals surface area contributed by atoms with Gasteiger partial charge in [-0.3, -0.25) is 0 Å². The highest BCUT2D eigenvalue weighted by Crippen LogP contribution is 2.24. The van der Waals surface area contributed by atoms with Crippen LogP contribution < -0.4 is 0 Å². The minimum atomic E-state index is 1.14. The quantitative estimate of drug-likeness (QED) is 0.657. The molecule has 92 valence electrons. The molecule has 0 nitrogen and oxygen atoms in total. The predicted octanol–water partition coefficient (Wildman–Crippen LogP) is 5.34. The molecule has 0 heteroatoms. The summed E-state index contributed by atoms with van der Waals surface area (Å²) in [6.07, 6.45) is 5.56. The van der Waals surface area contributed by atoms with Crippen LogP contribution >= 0.6 is 0 Å². The normalized spacial score (nSPS) is 10.3. The molecule has 2 aromatic carbocycles. The Morgan fingerprint density at radius 2 is 1.78 bits per heavy atom. The minimum Gasteiger partial charge on any atom is -0.0985 e. The van der Waals surface area contributed by atoms with E-state index in [4.69, 9.17) is 0 Å². The highest BCUT2D eigenvalue weighted by atomic mass is 14.1. The lowest BCUT2D eigenvalue weighted by Gasteiger charge is -2.09. The van der Waals surface area contributed by atoms with Gasteiger partial charge in [-0.15, -0.1) is 0 Å². The van der Waals surface area contributed by atoms with E-state index in [1.807, 2.05) is 6.08 Å². The third-order valence-corrected chi connectivity index (χ3v) is 3.27. The van der Waals surface area contributed by atoms with Crippen molar-refractivity contribution in [3.63, 3.8) is 0 Å². The molecule has 0 spiro atoms. The van der Waals surface area contributed by atoms with Crippen LogP contribution in [0.4, 0.5) is 0 Å². The zero-order chi connectivity index (χ0) is 12.8. The zero-order valence-corrected chi connectivity index (χ0v) is 11.0. The molecule has 0 N–H and O–H groups in total. The number of aryl methyl sites for hydroxylation is 1. The maximum Gasteiger partial charge on any atom is -0.0181 e. The van der Waals surface area contributed by atoms with Gasteiger partial charge in [-0.1, -0.05) is 74.5 Å². The van der Waals surface area contributed by atoms with Gasteiger partial charge in [0.2, 0.25) is 0 Å². The molecule has 0 atom stereocenters. The van der Waals surface area contributed by atoms with Gasteiger partial charge >= 0.3 is 0 Å². The molecule has 0 saturated carbocycles. The number of rotatable bonds is 5. The van der Waals surface area contributed by atoms with Crippen LogP contribution in [0.5, 0.6) is 0 Å². The SMILES string of the molecule is C=Cc1ccc(-c2ccccc2)cc1CCCC. The molecule has 18 heavy (non-hydrogen) atoms. The summed E-state index contributed by atoms with van der Waals surface area (Å²) in [5, 5.41) is 0. The van der Waals surface area contributed by atoms with Crippen molar-refractivity contribution in [1.82, 2.24) is 0 Å². The first kappa shape index (κ1) is 12.6. The molecule has 2 rings (SSSR count). The van der Waals surface area contributed by atoms with E-state index in [1.165, 1.54) is 35.1 Å². The van der Waals surface area contributed by atoms with Gasteiger partial charge < -0.3 is 0 Å². The van der Waals surface area contributed by atoms with E-state index in [2.05, 4.69) is 62.0 Å². The molecule has 0 radical (unpaired) electrons. The zero-order valence-electron chi connectivity index (χ0n) is 11.0. The Kier molecular flexibility index (Phi) is 4.35. The largest absolute Gasteiger partial charge is 0.0985 e. The maximum atomic E-state index is 3.90. The molecule has 0 aliphatic rings. The first-order valence-corrected chi connectivity index (χ1v) is 6.66. The van der Waals surface area contributed by atoms with Crippen LogP contribution in [-0.4, -0.2) is 0 Å². The van der Waals surface area contributed by atoms with E-state index < -0.39 is 0 Å². The Balaban J connectivity index is 2.36. The summed E-state index contributed by atoms with van der Waals surface area (Å²) in [7, 11) is 0. The van der Waals surface area contributed by atoms with E-state index in [0.717, 1.165) is 6.42 Å². The summed E-state index contributed by atoms with van der Waals surface area (Å²) >= 11 is 0. The lowest BCUT2D eigenvalue weighted by Crippen LogP contribution is -1.91. The number of benzene rings is 2. The summed E-state index contributed by atoms with van der Waals surface area (Å²) in [5.74, 6) is 0. The fraction of sp³-hybridized carbons (Fsp3) is 0.222. The van der Waals surface area contributed by atoms with E-state index in [1.54, 1.807) is 0 Å². The third kappa shape index (κ3) is 2.89. The molecule has 0 aromatic heterocycles. The summed E-state index contributed by atoms with van der Waals surface area (Å²) < 4.78 is 0. The van der Waals surface area contributed by atoms with Crippen LogP contribution in [0.3, 0.4) is 0 Å². The Morgan fingerprint density at radius 1 is 1.00 bits per heavy atom. The fourth-order valence-electron chi connectivity index (χ4n) is 2.20. The second-order valence-corrected chi connectivity index (χ2v) is 4.59. The molecule has 0 saturated heterocycles. The van der Waals surface area contributed by atoms with Crippen molar-refractivity contribution in [2.24, 2.45) is 0 Å². The van der Waals surface area contributed by atoms with E-state index in [0.29, 0.717) is 0 Å². The van der Waals surface area contributed by atoms with Crippen LogP contribution in [0.25, 0.3) is 17.2 Å². The van der Waals surface area contributed by atoms with Gasteiger partial charge in [0, 0.05) is 0 Å². The van der Waals surface area contributed by atoms with Gasteiger partial charge in [0.25, 0.3) is 0 Å². The van der Waals surface area contributed by atoms with Gasteiger partial charge in [0.15, 0.2) is 0 Å². The van der Waals surface area contributed by atoms with E-state index in [9.17, 15) is 0 Å². The Hall–Kier alpha value is -1.82. The van der Waals surface area contributed by atoms with Crippen LogP contribution in [0.1, 0.15) is 30.9 Å². The molecular formula is C18H20.